The highest BCUT2D eigenvalue weighted by Gasteiger charge is 2.07. The quantitative estimate of drug-likeness (QED) is 0.243. The molecular weight excluding hydrogens is 492 g/mol. The average molecular weight is 517 g/mol. The van der Waals surface area contributed by atoms with Crippen molar-refractivity contribution < 1.29 is 9.53 Å². The summed E-state index contributed by atoms with van der Waals surface area (Å²) in [6.07, 6.45) is 1.59. The lowest BCUT2D eigenvalue weighted by Crippen LogP contribution is -2.17. The molecule has 0 spiro atoms. The Balaban J connectivity index is 1.35. The molecule has 1 amide bonds. The van der Waals surface area contributed by atoms with Crippen LogP contribution in [0.1, 0.15) is 38.4 Å². The van der Waals surface area contributed by atoms with E-state index in [2.05, 4.69) is 31.6 Å². The molecule has 3 aromatic carbocycles. The van der Waals surface area contributed by atoms with Crippen molar-refractivity contribution in [3.8, 4) is 5.75 Å². The fourth-order valence-electron chi connectivity index (χ4n) is 3.50. The van der Waals surface area contributed by atoms with Crippen molar-refractivity contribution in [2.75, 3.05) is 0 Å². The van der Waals surface area contributed by atoms with Crippen LogP contribution in [0, 0.1) is 13.8 Å². The third-order valence-electron chi connectivity index (χ3n) is 5.22. The van der Waals surface area contributed by atoms with Gasteiger partial charge in [0.15, 0.2) is 0 Å². The summed E-state index contributed by atoms with van der Waals surface area (Å²) in [5.41, 5.74) is 8.12. The van der Waals surface area contributed by atoms with E-state index in [4.69, 9.17) is 4.74 Å². The van der Waals surface area contributed by atoms with E-state index < -0.39 is 0 Å². The molecule has 0 unspecified atom stereocenters. The fourth-order valence-corrected chi connectivity index (χ4v) is 3.95. The van der Waals surface area contributed by atoms with Crippen LogP contribution in [-0.4, -0.2) is 21.9 Å². The first kappa shape index (κ1) is 23.4. The molecule has 0 aliphatic carbocycles. The number of amides is 1. The van der Waals surface area contributed by atoms with Gasteiger partial charge in [0.1, 0.15) is 12.4 Å². The topological polar surface area (TPSA) is 68.5 Å². The number of halogens is 1. The Labute approximate surface area is 207 Å². The minimum Gasteiger partial charge on any atom is -0.488 e. The second-order valence-corrected chi connectivity index (χ2v) is 8.85. The molecule has 0 radical (unpaired) electrons. The minimum atomic E-state index is -0.276. The van der Waals surface area contributed by atoms with Crippen LogP contribution in [0.25, 0.3) is 0 Å². The summed E-state index contributed by atoms with van der Waals surface area (Å²) in [5.74, 6) is 0.412. The molecule has 4 aromatic rings. The first-order chi connectivity index (χ1) is 16.5. The zero-order chi connectivity index (χ0) is 23.9. The van der Waals surface area contributed by atoms with Crippen molar-refractivity contribution in [3.05, 3.63) is 117 Å². The molecule has 1 aromatic heterocycles. The zero-order valence-corrected chi connectivity index (χ0v) is 20.6. The number of nitrogens with one attached hydrogen (secondary N) is 1. The van der Waals surface area contributed by atoms with E-state index in [1.165, 1.54) is 0 Å². The molecule has 1 N–H and O–H groups in total. The average Bonchev–Trinajstić information content (AvgIpc) is 3.15. The molecule has 0 fully saturated rings. The Morgan fingerprint density at radius 1 is 1.03 bits per heavy atom. The number of hydrazone groups is 1. The first-order valence-corrected chi connectivity index (χ1v) is 11.7. The zero-order valence-electron chi connectivity index (χ0n) is 19.0. The van der Waals surface area contributed by atoms with Crippen LogP contribution in [0.15, 0.2) is 88.4 Å². The number of ether oxygens (including phenoxy) is 1. The number of aromatic nitrogens is 2. The predicted molar refractivity (Wildman–Crippen MR) is 137 cm³/mol. The van der Waals surface area contributed by atoms with Crippen LogP contribution in [0.4, 0.5) is 0 Å². The summed E-state index contributed by atoms with van der Waals surface area (Å²) in [4.78, 5) is 12.5. The molecule has 0 bridgehead atoms. The Morgan fingerprint density at radius 2 is 1.82 bits per heavy atom. The number of carbonyl (C=O) groups is 1. The Morgan fingerprint density at radius 3 is 2.56 bits per heavy atom. The lowest BCUT2D eigenvalue weighted by molar-refractivity contribution is 0.0955. The Kier molecular flexibility index (Phi) is 7.54. The van der Waals surface area contributed by atoms with E-state index in [1.54, 1.807) is 18.3 Å². The maximum absolute atomic E-state index is 12.5. The highest BCUT2D eigenvalue weighted by Crippen LogP contribution is 2.19. The number of benzene rings is 3. The third-order valence-corrected chi connectivity index (χ3v) is 5.72. The van der Waals surface area contributed by atoms with Crippen LogP contribution in [0.3, 0.4) is 0 Å². The van der Waals surface area contributed by atoms with Crippen molar-refractivity contribution >= 4 is 28.1 Å². The van der Waals surface area contributed by atoms with Crippen molar-refractivity contribution in [2.24, 2.45) is 5.10 Å². The van der Waals surface area contributed by atoms with Crippen LogP contribution in [0.2, 0.25) is 0 Å². The van der Waals surface area contributed by atoms with E-state index in [9.17, 15) is 4.79 Å². The summed E-state index contributed by atoms with van der Waals surface area (Å²) in [6, 6.07) is 25.0. The van der Waals surface area contributed by atoms with Gasteiger partial charge in [0.2, 0.25) is 0 Å². The maximum atomic E-state index is 12.5. The van der Waals surface area contributed by atoms with Crippen LogP contribution in [-0.2, 0) is 13.2 Å². The van der Waals surface area contributed by atoms with E-state index in [0.29, 0.717) is 24.5 Å². The van der Waals surface area contributed by atoms with E-state index >= 15 is 0 Å². The molecule has 0 aliphatic heterocycles. The third kappa shape index (κ3) is 6.20. The lowest BCUT2D eigenvalue weighted by Gasteiger charge is -2.09. The molecule has 4 rings (SSSR count). The number of hydrogen-bond acceptors (Lipinski definition) is 4. The van der Waals surface area contributed by atoms with Gasteiger partial charge in [-0.15, -0.1) is 0 Å². The highest BCUT2D eigenvalue weighted by molar-refractivity contribution is 9.10. The number of nitrogens with zero attached hydrogens (tertiary/aromatic N) is 3. The van der Waals surface area contributed by atoms with Crippen LogP contribution < -0.4 is 10.2 Å². The minimum absolute atomic E-state index is 0.276. The van der Waals surface area contributed by atoms with E-state index in [1.807, 2.05) is 85.3 Å². The summed E-state index contributed by atoms with van der Waals surface area (Å²) in [5, 5.41) is 8.61. The van der Waals surface area contributed by atoms with Gasteiger partial charge in [-0.05, 0) is 67.4 Å². The fraction of sp³-hybridized carbons (Fsp3) is 0.148. The standard InChI is InChI=1S/C27H25BrN4O2/c1-19-14-20(2)32(31-19)17-21-10-12-23(13-11-21)27(33)30-29-16-24-7-3-4-9-26(24)34-18-22-6-5-8-25(28)15-22/h3-16H,17-18H2,1-2H3,(H,30,33)/b29-16-. The summed E-state index contributed by atoms with van der Waals surface area (Å²) >= 11 is 3.47. The number of hydrogen-bond donors (Lipinski definition) is 1. The van der Waals surface area contributed by atoms with Gasteiger partial charge >= 0.3 is 0 Å². The molecule has 0 saturated heterocycles. The SMILES string of the molecule is Cc1cc(C)n(Cc2ccc(C(=O)N/N=C\c3ccccc3OCc3cccc(Br)c3)cc2)n1. The molecule has 172 valence electrons. The molecule has 0 aliphatic rings. The smallest absolute Gasteiger partial charge is 0.271 e. The largest absolute Gasteiger partial charge is 0.488 e. The van der Waals surface area contributed by atoms with Crippen molar-refractivity contribution in [1.82, 2.24) is 15.2 Å². The highest BCUT2D eigenvalue weighted by atomic mass is 79.9. The van der Waals surface area contributed by atoms with Gasteiger partial charge in [0.25, 0.3) is 5.91 Å². The summed E-state index contributed by atoms with van der Waals surface area (Å²) in [6.45, 7) is 5.10. The Hall–Kier alpha value is -3.71. The first-order valence-electron chi connectivity index (χ1n) is 10.9. The number of rotatable bonds is 8. The van der Waals surface area contributed by atoms with Gasteiger partial charge in [0, 0.05) is 21.3 Å². The molecule has 0 saturated carbocycles. The van der Waals surface area contributed by atoms with Gasteiger partial charge in [-0.3, -0.25) is 9.48 Å². The van der Waals surface area contributed by atoms with Crippen molar-refractivity contribution in [3.63, 3.8) is 0 Å². The number of para-hydroxylation sites is 1. The van der Waals surface area contributed by atoms with Gasteiger partial charge in [0.05, 0.1) is 18.5 Å². The molecule has 6 nitrogen and oxygen atoms in total. The molecular formula is C27H25BrN4O2. The number of aryl methyl sites for hydroxylation is 2. The summed E-state index contributed by atoms with van der Waals surface area (Å²) in [7, 11) is 0. The normalized spacial score (nSPS) is 11.0. The van der Waals surface area contributed by atoms with Crippen LogP contribution in [0.5, 0.6) is 5.75 Å². The second-order valence-electron chi connectivity index (χ2n) is 7.94. The predicted octanol–water partition coefficient (Wildman–Crippen LogP) is 5.65. The molecule has 7 heteroatoms. The van der Waals surface area contributed by atoms with Crippen molar-refractivity contribution in [2.45, 2.75) is 27.0 Å². The summed E-state index contributed by atoms with van der Waals surface area (Å²) < 4.78 is 8.91. The molecule has 34 heavy (non-hydrogen) atoms. The van der Waals surface area contributed by atoms with E-state index in [-0.39, 0.29) is 5.91 Å². The maximum Gasteiger partial charge on any atom is 0.271 e. The lowest BCUT2D eigenvalue weighted by atomic mass is 10.1. The number of carbonyl (C=O) groups excluding carboxylic acids is 1. The van der Waals surface area contributed by atoms with Crippen molar-refractivity contribution in [1.29, 1.82) is 0 Å². The Bertz CT molecular complexity index is 1310. The van der Waals surface area contributed by atoms with E-state index in [0.717, 1.165) is 32.6 Å². The van der Waals surface area contributed by atoms with Gasteiger partial charge in [-0.1, -0.05) is 52.3 Å². The van der Waals surface area contributed by atoms with Gasteiger partial charge in [-0.25, -0.2) is 5.43 Å². The molecule has 0 atom stereocenters. The molecule has 1 heterocycles. The second kappa shape index (κ2) is 10.9. The van der Waals surface area contributed by atoms with Gasteiger partial charge < -0.3 is 4.74 Å². The van der Waals surface area contributed by atoms with Crippen LogP contribution >= 0.6 is 15.9 Å². The monoisotopic (exact) mass is 516 g/mol. The van der Waals surface area contributed by atoms with Gasteiger partial charge in [-0.2, -0.15) is 10.2 Å².